The molecule has 7 nitrogen and oxygen atoms in total. The van der Waals surface area contributed by atoms with Crippen LogP contribution in [-0.2, 0) is 30.1 Å². The predicted octanol–water partition coefficient (Wildman–Crippen LogP) is 5.13. The smallest absolute Gasteiger partial charge is 0.0855 e. The molecule has 0 saturated carbocycles. The molecule has 0 rings (SSSR count). The SMILES string of the molecule is CCCCCC(S)CCCCCCCCCOOOOOOO. The monoisotopic (exact) mass is 356 g/mol. The van der Waals surface area contributed by atoms with Gasteiger partial charge in [0.15, 0.2) is 0 Å². The summed E-state index contributed by atoms with van der Waals surface area (Å²) in [6.07, 6.45) is 14.7. The van der Waals surface area contributed by atoms with E-state index in [0.717, 1.165) is 12.8 Å². The molecule has 1 N–H and O–H groups in total. The molecule has 0 aliphatic carbocycles. The van der Waals surface area contributed by atoms with Crippen molar-refractivity contribution in [1.82, 2.24) is 0 Å². The number of hydrogen-bond donors (Lipinski definition) is 2. The summed E-state index contributed by atoms with van der Waals surface area (Å²) in [5.74, 6) is 0. The molecule has 0 aliphatic rings. The van der Waals surface area contributed by atoms with Crippen LogP contribution in [-0.4, -0.2) is 17.1 Å². The molecule has 1 atom stereocenters. The second-order valence-corrected chi connectivity index (χ2v) is 6.31. The van der Waals surface area contributed by atoms with E-state index in [0.29, 0.717) is 11.9 Å². The molecule has 0 bridgehead atoms. The Bertz CT molecular complexity index is 222. The van der Waals surface area contributed by atoms with E-state index < -0.39 is 0 Å². The first-order valence-corrected chi connectivity index (χ1v) is 9.10. The molecule has 0 fully saturated rings. The maximum atomic E-state index is 7.69. The van der Waals surface area contributed by atoms with E-state index in [9.17, 15) is 0 Å². The molecule has 23 heavy (non-hydrogen) atoms. The fourth-order valence-electron chi connectivity index (χ4n) is 2.29. The van der Waals surface area contributed by atoms with Crippen molar-refractivity contribution < 1.29 is 35.3 Å². The number of thiol groups is 1. The average Bonchev–Trinajstić information content (AvgIpc) is 2.55. The van der Waals surface area contributed by atoms with E-state index in [1.165, 1.54) is 64.2 Å². The van der Waals surface area contributed by atoms with E-state index in [-0.39, 0.29) is 0 Å². The molecule has 0 aromatic heterocycles. The summed E-state index contributed by atoms with van der Waals surface area (Å²) in [6, 6.07) is 0. The van der Waals surface area contributed by atoms with Crippen LogP contribution >= 0.6 is 12.6 Å². The van der Waals surface area contributed by atoms with Gasteiger partial charge in [0.1, 0.15) is 0 Å². The minimum Gasteiger partial charge on any atom is -0.219 e. The third kappa shape index (κ3) is 20.0. The van der Waals surface area contributed by atoms with Crippen LogP contribution in [0.1, 0.15) is 84.0 Å². The largest absolute Gasteiger partial charge is 0.219 e. The van der Waals surface area contributed by atoms with Crippen LogP contribution in [0.25, 0.3) is 0 Å². The highest BCUT2D eigenvalue weighted by Crippen LogP contribution is 2.16. The normalized spacial score (nSPS) is 12.7. The lowest BCUT2D eigenvalue weighted by atomic mass is 10.0. The van der Waals surface area contributed by atoms with Crippen LogP contribution < -0.4 is 0 Å². The van der Waals surface area contributed by atoms with E-state index in [1.54, 1.807) is 0 Å². The van der Waals surface area contributed by atoms with Crippen LogP contribution in [0.4, 0.5) is 0 Å². The summed E-state index contributed by atoms with van der Waals surface area (Å²) in [4.78, 5) is 4.62. The molecule has 0 amide bonds. The lowest BCUT2D eigenvalue weighted by molar-refractivity contribution is -0.787. The standard InChI is InChI=1S/C15H32O7S/c1-2-3-9-12-15(23)13-10-7-5-4-6-8-11-14-17-19-21-22-20-18-16/h15-16,23H,2-14H2,1H3. The molecule has 0 spiro atoms. The van der Waals surface area contributed by atoms with Crippen molar-refractivity contribution >= 4 is 12.6 Å². The Labute approximate surface area is 144 Å². The average molecular weight is 356 g/mol. The van der Waals surface area contributed by atoms with Crippen LogP contribution in [0.2, 0.25) is 0 Å². The molecule has 8 heteroatoms. The highest BCUT2D eigenvalue weighted by Gasteiger charge is 2.02. The Morgan fingerprint density at radius 3 is 1.96 bits per heavy atom. The Morgan fingerprint density at radius 1 is 0.739 bits per heavy atom. The third-order valence-corrected chi connectivity index (χ3v) is 4.08. The van der Waals surface area contributed by atoms with E-state index >= 15 is 0 Å². The van der Waals surface area contributed by atoms with Gasteiger partial charge in [0, 0.05) is 5.25 Å². The summed E-state index contributed by atoms with van der Waals surface area (Å²) < 4.78 is 0. The highest BCUT2D eigenvalue weighted by molar-refractivity contribution is 7.80. The number of hydrogen-bond acceptors (Lipinski definition) is 8. The molecule has 0 aromatic carbocycles. The van der Waals surface area contributed by atoms with Gasteiger partial charge in [-0.15, -0.1) is 0 Å². The molecular weight excluding hydrogens is 324 g/mol. The number of rotatable bonds is 19. The van der Waals surface area contributed by atoms with Crippen LogP contribution in [0, 0.1) is 0 Å². The lowest BCUT2D eigenvalue weighted by Gasteiger charge is -2.09. The number of unbranched alkanes of at least 4 members (excludes halogenated alkanes) is 8. The molecule has 0 aliphatic heterocycles. The van der Waals surface area contributed by atoms with Crippen molar-refractivity contribution in [3.63, 3.8) is 0 Å². The Morgan fingerprint density at radius 2 is 1.30 bits per heavy atom. The van der Waals surface area contributed by atoms with Crippen LogP contribution in [0.15, 0.2) is 0 Å². The topological polar surface area (TPSA) is 75.6 Å². The first-order valence-electron chi connectivity index (χ1n) is 8.59. The van der Waals surface area contributed by atoms with Crippen molar-refractivity contribution in [3.8, 4) is 0 Å². The minimum atomic E-state index is 0.391. The first kappa shape index (κ1) is 23.1. The van der Waals surface area contributed by atoms with Crippen molar-refractivity contribution in [3.05, 3.63) is 0 Å². The maximum Gasteiger partial charge on any atom is 0.0855 e. The maximum absolute atomic E-state index is 7.69. The Kier molecular flexibility index (Phi) is 20.2. The van der Waals surface area contributed by atoms with Crippen LogP contribution in [0.3, 0.4) is 0 Å². The Balaban J connectivity index is 3.05. The van der Waals surface area contributed by atoms with Gasteiger partial charge in [-0.1, -0.05) is 64.7 Å². The summed E-state index contributed by atoms with van der Waals surface area (Å²) >= 11 is 4.65. The van der Waals surface area contributed by atoms with Crippen LogP contribution in [0.5, 0.6) is 0 Å². The Hall–Kier alpha value is 0.0700. The molecule has 1 unspecified atom stereocenters. The van der Waals surface area contributed by atoms with Crippen molar-refractivity contribution in [2.45, 2.75) is 89.2 Å². The zero-order valence-electron chi connectivity index (χ0n) is 14.1. The zero-order chi connectivity index (χ0) is 17.0. The van der Waals surface area contributed by atoms with Gasteiger partial charge in [-0.05, 0) is 44.5 Å². The van der Waals surface area contributed by atoms with Gasteiger partial charge in [-0.25, -0.2) is 10.1 Å². The predicted molar refractivity (Wildman–Crippen MR) is 87.9 cm³/mol. The second kappa shape index (κ2) is 20.1. The van der Waals surface area contributed by atoms with Gasteiger partial charge in [-0.2, -0.15) is 12.6 Å². The van der Waals surface area contributed by atoms with Gasteiger partial charge in [-0.3, -0.25) is 0 Å². The second-order valence-electron chi connectivity index (χ2n) is 5.58. The summed E-state index contributed by atoms with van der Waals surface area (Å²) in [6.45, 7) is 2.63. The molecule has 140 valence electrons. The van der Waals surface area contributed by atoms with Crippen molar-refractivity contribution in [2.24, 2.45) is 0 Å². The van der Waals surface area contributed by atoms with Gasteiger partial charge >= 0.3 is 0 Å². The molecule has 0 heterocycles. The minimum absolute atomic E-state index is 0.391. The zero-order valence-corrected chi connectivity index (χ0v) is 15.0. The fraction of sp³-hybridized carbons (Fsp3) is 1.00. The molecule has 0 aromatic rings. The first-order chi connectivity index (χ1) is 11.3. The molecule has 0 saturated heterocycles. The third-order valence-electron chi connectivity index (χ3n) is 3.57. The van der Waals surface area contributed by atoms with Gasteiger partial charge < -0.3 is 0 Å². The summed E-state index contributed by atoms with van der Waals surface area (Å²) in [7, 11) is 0. The summed E-state index contributed by atoms with van der Waals surface area (Å²) in [5, 5.41) is 26.5. The van der Waals surface area contributed by atoms with E-state index in [2.05, 4.69) is 49.6 Å². The van der Waals surface area contributed by atoms with Gasteiger partial charge in [0.2, 0.25) is 0 Å². The van der Waals surface area contributed by atoms with Crippen molar-refractivity contribution in [2.75, 3.05) is 6.61 Å². The highest BCUT2D eigenvalue weighted by atomic mass is 32.1. The lowest BCUT2D eigenvalue weighted by Crippen LogP contribution is -2.00. The van der Waals surface area contributed by atoms with Gasteiger partial charge in [0.05, 0.1) is 6.61 Å². The van der Waals surface area contributed by atoms with E-state index in [4.69, 9.17) is 5.26 Å². The quantitative estimate of drug-likeness (QED) is 0.144. The summed E-state index contributed by atoms with van der Waals surface area (Å²) in [5.41, 5.74) is 0. The van der Waals surface area contributed by atoms with Crippen molar-refractivity contribution in [1.29, 1.82) is 0 Å². The fourth-order valence-corrected chi connectivity index (χ4v) is 2.65. The van der Waals surface area contributed by atoms with E-state index in [1.807, 2.05) is 0 Å². The molecule has 0 radical (unpaired) electrons. The van der Waals surface area contributed by atoms with Gasteiger partial charge in [0.25, 0.3) is 0 Å². The molecular formula is C15H32O7S.